The van der Waals surface area contributed by atoms with Gasteiger partial charge in [-0.05, 0) is 30.9 Å². The number of nitrogens with zero attached hydrogens (tertiary/aromatic N) is 1. The van der Waals surface area contributed by atoms with E-state index in [2.05, 4.69) is 10.3 Å². The highest BCUT2D eigenvalue weighted by Crippen LogP contribution is 2.26. The van der Waals surface area contributed by atoms with Gasteiger partial charge in [-0.3, -0.25) is 14.6 Å². The maximum atomic E-state index is 12.2. The van der Waals surface area contributed by atoms with E-state index < -0.39 is 5.91 Å². The van der Waals surface area contributed by atoms with Gasteiger partial charge in [0.05, 0.1) is 5.56 Å². The summed E-state index contributed by atoms with van der Waals surface area (Å²) in [6.45, 7) is 0.426. The molecule has 21 heavy (non-hydrogen) atoms. The fourth-order valence-electron chi connectivity index (χ4n) is 2.82. The molecule has 6 heteroatoms. The summed E-state index contributed by atoms with van der Waals surface area (Å²) in [5, 5.41) is 2.96. The molecule has 1 aliphatic rings. The number of hydrogen-bond acceptors (Lipinski definition) is 4. The lowest BCUT2D eigenvalue weighted by atomic mass is 9.84. The molecule has 5 N–H and O–H groups in total. The molecule has 1 heterocycles. The van der Waals surface area contributed by atoms with Crippen LogP contribution >= 0.6 is 0 Å². The second kappa shape index (κ2) is 7.17. The van der Waals surface area contributed by atoms with Crippen LogP contribution in [0.2, 0.25) is 0 Å². The number of carbonyl (C=O) groups excluding carboxylic acids is 2. The lowest BCUT2D eigenvalue weighted by molar-refractivity contribution is 0.0908. The lowest BCUT2D eigenvalue weighted by Gasteiger charge is -2.29. The van der Waals surface area contributed by atoms with Crippen molar-refractivity contribution in [3.05, 3.63) is 29.6 Å². The van der Waals surface area contributed by atoms with Crippen LogP contribution in [0.1, 0.15) is 53.0 Å². The standard InChI is InChI=1S/C15H22N4O2/c16-8-13(10-4-2-1-3-5-10)19-15(21)12-7-6-11(9-18-12)14(17)20/h6-7,9-10,13H,1-5,8,16H2,(H2,17,20)(H,19,21). The summed E-state index contributed by atoms with van der Waals surface area (Å²) in [5.41, 5.74) is 11.5. The number of nitrogens with one attached hydrogen (secondary N) is 1. The van der Waals surface area contributed by atoms with Crippen LogP contribution in [0.3, 0.4) is 0 Å². The van der Waals surface area contributed by atoms with Gasteiger partial charge in [0.15, 0.2) is 0 Å². The van der Waals surface area contributed by atoms with Crippen LogP contribution in [-0.2, 0) is 0 Å². The third-order valence-corrected chi connectivity index (χ3v) is 4.07. The number of aromatic nitrogens is 1. The minimum Gasteiger partial charge on any atom is -0.366 e. The Bertz CT molecular complexity index is 495. The molecule has 0 saturated heterocycles. The predicted octanol–water partition coefficient (Wildman–Crippen LogP) is 0.818. The average Bonchev–Trinajstić information content (AvgIpc) is 2.53. The summed E-state index contributed by atoms with van der Waals surface area (Å²) < 4.78 is 0. The molecule has 0 aromatic carbocycles. The average molecular weight is 290 g/mol. The zero-order valence-electron chi connectivity index (χ0n) is 12.0. The van der Waals surface area contributed by atoms with Gasteiger partial charge >= 0.3 is 0 Å². The quantitative estimate of drug-likeness (QED) is 0.745. The van der Waals surface area contributed by atoms with Crippen molar-refractivity contribution in [3.63, 3.8) is 0 Å². The van der Waals surface area contributed by atoms with Crippen LogP contribution in [0.15, 0.2) is 18.3 Å². The molecular formula is C15H22N4O2. The zero-order chi connectivity index (χ0) is 15.2. The Morgan fingerprint density at radius 3 is 2.52 bits per heavy atom. The van der Waals surface area contributed by atoms with E-state index >= 15 is 0 Å². The first-order chi connectivity index (χ1) is 10.1. The molecule has 1 saturated carbocycles. The number of rotatable bonds is 5. The molecular weight excluding hydrogens is 268 g/mol. The van der Waals surface area contributed by atoms with Crippen molar-refractivity contribution in [3.8, 4) is 0 Å². The van der Waals surface area contributed by atoms with Crippen molar-refractivity contribution in [2.75, 3.05) is 6.54 Å². The second-order valence-corrected chi connectivity index (χ2v) is 5.51. The smallest absolute Gasteiger partial charge is 0.270 e. The Hall–Kier alpha value is -1.95. The third kappa shape index (κ3) is 4.01. The predicted molar refractivity (Wildman–Crippen MR) is 79.6 cm³/mol. The molecule has 1 atom stereocenters. The van der Waals surface area contributed by atoms with E-state index in [-0.39, 0.29) is 23.2 Å². The van der Waals surface area contributed by atoms with Crippen molar-refractivity contribution in [2.45, 2.75) is 38.1 Å². The number of nitrogens with two attached hydrogens (primary N) is 2. The molecule has 0 radical (unpaired) electrons. The van der Waals surface area contributed by atoms with Gasteiger partial charge in [-0.25, -0.2) is 0 Å². The van der Waals surface area contributed by atoms with E-state index in [4.69, 9.17) is 11.5 Å². The number of primary amides is 1. The van der Waals surface area contributed by atoms with Crippen LogP contribution in [0.5, 0.6) is 0 Å². The van der Waals surface area contributed by atoms with Crippen LogP contribution in [-0.4, -0.2) is 29.4 Å². The first-order valence-electron chi connectivity index (χ1n) is 7.38. The van der Waals surface area contributed by atoms with Crippen LogP contribution in [0, 0.1) is 5.92 Å². The van der Waals surface area contributed by atoms with Gasteiger partial charge in [-0.15, -0.1) is 0 Å². The van der Waals surface area contributed by atoms with Crippen molar-refractivity contribution in [1.29, 1.82) is 0 Å². The Balaban J connectivity index is 1.99. The highest BCUT2D eigenvalue weighted by Gasteiger charge is 2.24. The number of carbonyl (C=O) groups is 2. The number of amides is 2. The molecule has 0 bridgehead atoms. The summed E-state index contributed by atoms with van der Waals surface area (Å²) in [4.78, 5) is 27.1. The van der Waals surface area contributed by atoms with Crippen molar-refractivity contribution < 1.29 is 9.59 Å². The Morgan fingerprint density at radius 2 is 2.00 bits per heavy atom. The molecule has 1 unspecified atom stereocenters. The SMILES string of the molecule is NCC(NC(=O)c1ccc(C(N)=O)cn1)C1CCCCC1. The molecule has 2 amide bonds. The molecule has 1 aromatic heterocycles. The van der Waals surface area contributed by atoms with Gasteiger partial charge in [0, 0.05) is 18.8 Å². The molecule has 2 rings (SSSR count). The van der Waals surface area contributed by atoms with Gasteiger partial charge in [0.2, 0.25) is 5.91 Å². The van der Waals surface area contributed by atoms with Gasteiger partial charge in [0.1, 0.15) is 5.69 Å². The number of hydrogen-bond donors (Lipinski definition) is 3. The third-order valence-electron chi connectivity index (χ3n) is 4.07. The van der Waals surface area contributed by atoms with E-state index in [1.807, 2.05) is 0 Å². The molecule has 0 aliphatic heterocycles. The molecule has 0 spiro atoms. The van der Waals surface area contributed by atoms with Crippen LogP contribution < -0.4 is 16.8 Å². The summed E-state index contributed by atoms with van der Waals surface area (Å²) >= 11 is 0. The summed E-state index contributed by atoms with van der Waals surface area (Å²) in [6, 6.07) is 2.99. The molecule has 114 valence electrons. The van der Waals surface area contributed by atoms with E-state index in [1.54, 1.807) is 0 Å². The summed E-state index contributed by atoms with van der Waals surface area (Å²) in [7, 11) is 0. The fourth-order valence-corrected chi connectivity index (χ4v) is 2.82. The molecule has 1 fully saturated rings. The number of pyridine rings is 1. The van der Waals surface area contributed by atoms with Crippen molar-refractivity contribution in [1.82, 2.24) is 10.3 Å². The maximum Gasteiger partial charge on any atom is 0.270 e. The van der Waals surface area contributed by atoms with Gasteiger partial charge in [-0.1, -0.05) is 19.3 Å². The monoisotopic (exact) mass is 290 g/mol. The first-order valence-corrected chi connectivity index (χ1v) is 7.38. The van der Waals surface area contributed by atoms with Gasteiger partial charge in [-0.2, -0.15) is 0 Å². The highest BCUT2D eigenvalue weighted by molar-refractivity contribution is 5.95. The maximum absolute atomic E-state index is 12.2. The van der Waals surface area contributed by atoms with Crippen LogP contribution in [0.4, 0.5) is 0 Å². The Labute approximate surface area is 124 Å². The second-order valence-electron chi connectivity index (χ2n) is 5.51. The fraction of sp³-hybridized carbons (Fsp3) is 0.533. The Morgan fingerprint density at radius 1 is 1.29 bits per heavy atom. The molecule has 1 aliphatic carbocycles. The molecule has 6 nitrogen and oxygen atoms in total. The van der Waals surface area contributed by atoms with E-state index in [0.717, 1.165) is 12.8 Å². The van der Waals surface area contributed by atoms with Gasteiger partial charge in [0.25, 0.3) is 5.91 Å². The summed E-state index contributed by atoms with van der Waals surface area (Å²) in [5.74, 6) is -0.374. The highest BCUT2D eigenvalue weighted by atomic mass is 16.2. The first kappa shape index (κ1) is 15.4. The normalized spacial score (nSPS) is 17.2. The minimum atomic E-state index is -0.559. The Kier molecular flexibility index (Phi) is 5.27. The topological polar surface area (TPSA) is 111 Å². The van der Waals surface area contributed by atoms with E-state index in [0.29, 0.717) is 12.5 Å². The van der Waals surface area contributed by atoms with Crippen molar-refractivity contribution >= 4 is 11.8 Å². The largest absolute Gasteiger partial charge is 0.366 e. The van der Waals surface area contributed by atoms with E-state index in [9.17, 15) is 9.59 Å². The van der Waals surface area contributed by atoms with Crippen LogP contribution in [0.25, 0.3) is 0 Å². The lowest BCUT2D eigenvalue weighted by Crippen LogP contribution is -2.46. The van der Waals surface area contributed by atoms with E-state index in [1.165, 1.54) is 37.6 Å². The van der Waals surface area contributed by atoms with Crippen molar-refractivity contribution in [2.24, 2.45) is 17.4 Å². The minimum absolute atomic E-state index is 0.0181. The molecule has 1 aromatic rings. The zero-order valence-corrected chi connectivity index (χ0v) is 12.0. The summed E-state index contributed by atoms with van der Waals surface area (Å²) in [6.07, 6.45) is 7.19. The van der Waals surface area contributed by atoms with Gasteiger partial charge < -0.3 is 16.8 Å².